The molecule has 9 heteroatoms. The largest absolute Gasteiger partial charge is 0.490 e. The maximum absolute atomic E-state index is 12.8. The molecule has 0 aliphatic carbocycles. The number of amides is 2. The van der Waals surface area contributed by atoms with Crippen LogP contribution in [-0.4, -0.2) is 58.8 Å². The summed E-state index contributed by atoms with van der Waals surface area (Å²) in [7, 11) is -1.12. The average Bonchev–Trinajstić information content (AvgIpc) is 3.11. The highest BCUT2D eigenvalue weighted by molar-refractivity contribution is 7.91. The maximum atomic E-state index is 12.8. The number of likely N-dealkylation sites (N-methyl/N-ethyl adjacent to an activating group) is 1. The Morgan fingerprint density at radius 2 is 1.76 bits per heavy atom. The molecule has 0 bridgehead atoms. The lowest BCUT2D eigenvalue weighted by molar-refractivity contribution is -0.130. The van der Waals surface area contributed by atoms with Crippen molar-refractivity contribution in [2.45, 2.75) is 45.1 Å². The lowest BCUT2D eigenvalue weighted by atomic mass is 9.94. The number of carbonyl (C=O) groups excluding carboxylic acids is 2. The number of imide groups is 1. The number of ether oxygens (including phenoxy) is 1. The van der Waals surface area contributed by atoms with Gasteiger partial charge in [0.2, 0.25) is 5.91 Å². The molecule has 1 saturated heterocycles. The number of benzene rings is 1. The zero-order chi connectivity index (χ0) is 23.8. The molecular formula is C24H29N3O5S. The second-order valence-electron chi connectivity index (χ2n) is 8.48. The van der Waals surface area contributed by atoms with Crippen LogP contribution in [0.1, 0.15) is 66.6 Å². The molecule has 0 N–H and O–H groups in total. The number of hydrogen-bond acceptors (Lipinski definition) is 6. The van der Waals surface area contributed by atoms with Crippen molar-refractivity contribution in [3.8, 4) is 5.75 Å². The molecule has 2 aromatic rings. The number of sulfone groups is 1. The summed E-state index contributed by atoms with van der Waals surface area (Å²) < 4.78 is 30.8. The average molecular weight is 472 g/mol. The first-order valence-electron chi connectivity index (χ1n) is 11.3. The summed E-state index contributed by atoms with van der Waals surface area (Å²) in [5.41, 5.74) is 1.96. The van der Waals surface area contributed by atoms with Crippen LogP contribution in [-0.2, 0) is 21.7 Å². The smallest absolute Gasteiger partial charge is 0.279 e. The van der Waals surface area contributed by atoms with Crippen LogP contribution in [0.5, 0.6) is 5.75 Å². The van der Waals surface area contributed by atoms with E-state index in [1.807, 2.05) is 43.3 Å². The Morgan fingerprint density at radius 1 is 1.09 bits per heavy atom. The van der Waals surface area contributed by atoms with Crippen molar-refractivity contribution in [3.63, 3.8) is 0 Å². The van der Waals surface area contributed by atoms with Gasteiger partial charge in [-0.25, -0.2) is 13.4 Å². The number of imidazole rings is 1. The van der Waals surface area contributed by atoms with Crippen molar-refractivity contribution in [1.82, 2.24) is 14.5 Å². The third-order valence-electron chi connectivity index (χ3n) is 6.33. The van der Waals surface area contributed by atoms with Crippen LogP contribution in [0.2, 0.25) is 0 Å². The molecule has 2 aliphatic rings. The first-order valence-corrected chi connectivity index (χ1v) is 13.1. The summed E-state index contributed by atoms with van der Waals surface area (Å²) in [6, 6.07) is 7.55. The second kappa shape index (κ2) is 9.13. The molecule has 1 unspecified atom stereocenters. The Balaban J connectivity index is 1.49. The molecule has 0 radical (unpaired) electrons. The van der Waals surface area contributed by atoms with Gasteiger partial charge in [-0.15, -0.1) is 0 Å². The Hall–Kier alpha value is -2.94. The van der Waals surface area contributed by atoms with Crippen LogP contribution in [0.4, 0.5) is 0 Å². The van der Waals surface area contributed by atoms with Crippen molar-refractivity contribution in [2.24, 2.45) is 7.05 Å². The minimum absolute atomic E-state index is 0.0803. The molecule has 1 atom stereocenters. The monoisotopic (exact) mass is 471 g/mol. The van der Waals surface area contributed by atoms with Crippen molar-refractivity contribution < 1.29 is 22.7 Å². The Labute approximate surface area is 194 Å². The molecule has 1 aromatic carbocycles. The van der Waals surface area contributed by atoms with Crippen molar-refractivity contribution in [2.75, 3.05) is 18.1 Å². The fourth-order valence-corrected chi connectivity index (χ4v) is 5.84. The first kappa shape index (κ1) is 23.2. The molecule has 0 spiro atoms. The van der Waals surface area contributed by atoms with Gasteiger partial charge < -0.3 is 9.30 Å². The number of hydrogen-bond donors (Lipinski definition) is 0. The van der Waals surface area contributed by atoms with Crippen molar-refractivity contribution >= 4 is 33.8 Å². The maximum Gasteiger partial charge on any atom is 0.279 e. The Bertz CT molecular complexity index is 1180. The highest BCUT2D eigenvalue weighted by atomic mass is 32.2. The normalized spacial score (nSPS) is 20.9. The topological polar surface area (TPSA) is 98.6 Å². The van der Waals surface area contributed by atoms with Crippen LogP contribution in [0.25, 0.3) is 12.2 Å². The van der Waals surface area contributed by atoms with Gasteiger partial charge in [0.1, 0.15) is 23.4 Å². The standard InChI is InChI=1S/C24H29N3O5S/c1-4-19-21-22(24(29)27(5-2)23(19)28)26(3)20(25-21)11-8-16-6-9-17(10-7-16)32-18-12-14-33(30,31)15-13-18/h6-11,18-19H,4-5,12-15H2,1-3H3/b11-8+. The summed E-state index contributed by atoms with van der Waals surface area (Å²) in [6.07, 6.45) is 5.27. The highest BCUT2D eigenvalue weighted by Gasteiger charge is 2.40. The molecule has 2 amide bonds. The summed E-state index contributed by atoms with van der Waals surface area (Å²) >= 11 is 0. The van der Waals surface area contributed by atoms with Crippen LogP contribution < -0.4 is 4.74 Å². The quantitative estimate of drug-likeness (QED) is 0.601. The third-order valence-corrected chi connectivity index (χ3v) is 8.05. The summed E-state index contributed by atoms with van der Waals surface area (Å²) in [6.45, 7) is 4.07. The van der Waals surface area contributed by atoms with E-state index in [1.165, 1.54) is 4.90 Å². The molecule has 8 nitrogen and oxygen atoms in total. The highest BCUT2D eigenvalue weighted by Crippen LogP contribution is 2.32. The second-order valence-corrected chi connectivity index (χ2v) is 10.8. The SMILES string of the molecule is CCC1C(=O)N(CC)C(=O)c2c1nc(/C=C/c1ccc(OC3CCS(=O)(=O)CC3)cc1)n2C. The third kappa shape index (κ3) is 4.59. The molecule has 33 heavy (non-hydrogen) atoms. The van der Waals surface area contributed by atoms with Gasteiger partial charge >= 0.3 is 0 Å². The van der Waals surface area contributed by atoms with E-state index in [9.17, 15) is 18.0 Å². The van der Waals surface area contributed by atoms with Gasteiger partial charge in [0.05, 0.1) is 23.1 Å². The molecule has 1 fully saturated rings. The zero-order valence-electron chi connectivity index (χ0n) is 19.2. The van der Waals surface area contributed by atoms with Gasteiger partial charge in [0.15, 0.2) is 9.84 Å². The molecule has 4 rings (SSSR count). The van der Waals surface area contributed by atoms with Gasteiger partial charge in [0.25, 0.3) is 5.91 Å². The molecular weight excluding hydrogens is 442 g/mol. The van der Waals surface area contributed by atoms with Crippen molar-refractivity contribution in [3.05, 3.63) is 47.0 Å². The number of aromatic nitrogens is 2. The summed E-state index contributed by atoms with van der Waals surface area (Å²) in [5, 5.41) is 0. The number of fused-ring (bicyclic) bond motifs is 1. The lowest BCUT2D eigenvalue weighted by Crippen LogP contribution is -2.45. The van der Waals surface area contributed by atoms with E-state index in [0.717, 1.165) is 5.56 Å². The minimum atomic E-state index is -2.91. The lowest BCUT2D eigenvalue weighted by Gasteiger charge is -2.28. The van der Waals surface area contributed by atoms with Gasteiger partial charge in [-0.05, 0) is 50.0 Å². The molecule has 3 heterocycles. The Morgan fingerprint density at radius 3 is 2.36 bits per heavy atom. The van der Waals surface area contributed by atoms with Gasteiger partial charge in [-0.3, -0.25) is 14.5 Å². The molecule has 1 aromatic heterocycles. The van der Waals surface area contributed by atoms with Crippen LogP contribution >= 0.6 is 0 Å². The Kier molecular flexibility index (Phi) is 6.43. The van der Waals surface area contributed by atoms with Crippen LogP contribution in [0, 0.1) is 0 Å². The van der Waals surface area contributed by atoms with E-state index >= 15 is 0 Å². The zero-order valence-corrected chi connectivity index (χ0v) is 20.0. The van der Waals surface area contributed by atoms with Crippen molar-refractivity contribution in [1.29, 1.82) is 0 Å². The number of carbonyl (C=O) groups is 2. The van der Waals surface area contributed by atoms with Gasteiger partial charge in [0, 0.05) is 13.6 Å². The number of rotatable bonds is 6. The first-order chi connectivity index (χ1) is 15.7. The van der Waals surface area contributed by atoms with E-state index in [-0.39, 0.29) is 29.4 Å². The summed E-state index contributed by atoms with van der Waals surface area (Å²) in [5.74, 6) is 0.785. The van der Waals surface area contributed by atoms with Gasteiger partial charge in [-0.1, -0.05) is 25.1 Å². The molecule has 0 saturated carbocycles. The van der Waals surface area contributed by atoms with E-state index < -0.39 is 15.8 Å². The van der Waals surface area contributed by atoms with E-state index in [1.54, 1.807) is 18.5 Å². The molecule has 176 valence electrons. The van der Waals surface area contributed by atoms with E-state index in [0.29, 0.717) is 48.8 Å². The van der Waals surface area contributed by atoms with E-state index in [2.05, 4.69) is 4.98 Å². The molecule has 2 aliphatic heterocycles. The predicted octanol–water partition coefficient (Wildman–Crippen LogP) is 3.04. The van der Waals surface area contributed by atoms with E-state index in [4.69, 9.17) is 4.74 Å². The number of nitrogens with zero attached hydrogens (tertiary/aromatic N) is 3. The van der Waals surface area contributed by atoms with Crippen LogP contribution in [0.3, 0.4) is 0 Å². The van der Waals surface area contributed by atoms with Crippen LogP contribution in [0.15, 0.2) is 24.3 Å². The fourth-order valence-electron chi connectivity index (χ4n) is 4.39. The minimum Gasteiger partial charge on any atom is -0.490 e. The predicted molar refractivity (Wildman–Crippen MR) is 126 cm³/mol. The fraction of sp³-hybridized carbons (Fsp3) is 0.458. The van der Waals surface area contributed by atoms with Gasteiger partial charge in [-0.2, -0.15) is 0 Å². The summed E-state index contributed by atoms with van der Waals surface area (Å²) in [4.78, 5) is 31.4.